The van der Waals surface area contributed by atoms with Crippen molar-refractivity contribution in [1.82, 2.24) is 4.90 Å². The van der Waals surface area contributed by atoms with Gasteiger partial charge in [0.2, 0.25) is 0 Å². The Morgan fingerprint density at radius 2 is 1.04 bits per heavy atom. The molecule has 0 atom stereocenters. The molecule has 0 aromatic carbocycles. The monoisotopic (exact) mass is 333 g/mol. The summed E-state index contributed by atoms with van der Waals surface area (Å²) in [4.78, 5) is 2.88. The highest BCUT2D eigenvalue weighted by Gasteiger charge is 2.33. The second kappa shape index (κ2) is 9.60. The molecule has 1 heteroatoms. The van der Waals surface area contributed by atoms with Crippen LogP contribution in [0, 0.1) is 23.7 Å². The topological polar surface area (TPSA) is 3.24 Å². The standard InChI is InChI=1S/C23H43N/c1-3-5-19-7-9-21(10-8-19)22-11-13-23(14-12-22)24-17-15-20(6-4-2)16-18-24/h19-23H,3-18H2,1-2H3/t19-,21-,22-,23-. The highest BCUT2D eigenvalue weighted by molar-refractivity contribution is 4.86. The second-order valence-electron chi connectivity index (χ2n) is 9.41. The van der Waals surface area contributed by atoms with Gasteiger partial charge in [-0.25, -0.2) is 0 Å². The predicted molar refractivity (Wildman–Crippen MR) is 105 cm³/mol. The third-order valence-corrected chi connectivity index (χ3v) is 7.86. The van der Waals surface area contributed by atoms with Crippen molar-refractivity contribution in [3.63, 3.8) is 0 Å². The molecule has 1 saturated heterocycles. The Hall–Kier alpha value is -0.0400. The fourth-order valence-electron chi connectivity index (χ4n) is 6.31. The van der Waals surface area contributed by atoms with Crippen LogP contribution in [0.1, 0.15) is 104 Å². The third-order valence-electron chi connectivity index (χ3n) is 7.86. The fourth-order valence-corrected chi connectivity index (χ4v) is 6.31. The predicted octanol–water partition coefficient (Wildman–Crippen LogP) is 6.66. The normalized spacial score (nSPS) is 36.8. The number of hydrogen-bond donors (Lipinski definition) is 0. The van der Waals surface area contributed by atoms with Crippen LogP contribution < -0.4 is 0 Å². The van der Waals surface area contributed by atoms with Crippen molar-refractivity contribution in [3.8, 4) is 0 Å². The first-order valence-electron chi connectivity index (χ1n) is 11.5. The maximum Gasteiger partial charge on any atom is 0.00954 e. The van der Waals surface area contributed by atoms with Crippen LogP contribution in [-0.2, 0) is 0 Å². The van der Waals surface area contributed by atoms with E-state index in [9.17, 15) is 0 Å². The number of hydrogen-bond acceptors (Lipinski definition) is 1. The first-order chi connectivity index (χ1) is 11.8. The Kier molecular flexibility index (Phi) is 7.50. The average molecular weight is 334 g/mol. The highest BCUT2D eigenvalue weighted by Crippen LogP contribution is 2.42. The van der Waals surface area contributed by atoms with E-state index in [1.165, 1.54) is 64.5 Å². The molecule has 2 saturated carbocycles. The third kappa shape index (κ3) is 4.99. The molecular weight excluding hydrogens is 290 g/mol. The zero-order valence-corrected chi connectivity index (χ0v) is 16.6. The van der Waals surface area contributed by atoms with Crippen LogP contribution in [0.2, 0.25) is 0 Å². The van der Waals surface area contributed by atoms with Gasteiger partial charge in [0.1, 0.15) is 0 Å². The van der Waals surface area contributed by atoms with Crippen LogP contribution in [0.5, 0.6) is 0 Å². The SMILES string of the molecule is CCCC1CCN([C@H]2CC[C@H]([C@H]3CC[C@H](CCC)CC3)CC2)CC1. The summed E-state index contributed by atoms with van der Waals surface area (Å²) in [7, 11) is 0. The van der Waals surface area contributed by atoms with Gasteiger partial charge in [-0.3, -0.25) is 0 Å². The molecule has 0 aromatic rings. The van der Waals surface area contributed by atoms with E-state index in [0.717, 1.165) is 29.7 Å². The molecule has 1 aliphatic heterocycles. The molecule has 1 nitrogen and oxygen atoms in total. The van der Waals surface area contributed by atoms with Crippen LogP contribution in [-0.4, -0.2) is 24.0 Å². The summed E-state index contributed by atoms with van der Waals surface area (Å²) in [6.45, 7) is 7.52. The summed E-state index contributed by atoms with van der Waals surface area (Å²) >= 11 is 0. The van der Waals surface area contributed by atoms with Crippen LogP contribution in [0.3, 0.4) is 0 Å². The van der Waals surface area contributed by atoms with Gasteiger partial charge >= 0.3 is 0 Å². The van der Waals surface area contributed by atoms with Gasteiger partial charge in [0.25, 0.3) is 0 Å². The van der Waals surface area contributed by atoms with Crippen molar-refractivity contribution in [1.29, 1.82) is 0 Å². The van der Waals surface area contributed by atoms with E-state index in [1.54, 1.807) is 38.5 Å². The zero-order chi connectivity index (χ0) is 16.8. The lowest BCUT2D eigenvalue weighted by Gasteiger charge is -2.43. The molecule has 3 aliphatic rings. The van der Waals surface area contributed by atoms with Crippen molar-refractivity contribution < 1.29 is 0 Å². The Morgan fingerprint density at radius 1 is 0.583 bits per heavy atom. The van der Waals surface area contributed by atoms with E-state index in [2.05, 4.69) is 18.7 Å². The molecule has 3 fully saturated rings. The molecule has 1 heterocycles. The Labute approximate surface area is 152 Å². The largest absolute Gasteiger partial charge is 0.300 e. The summed E-state index contributed by atoms with van der Waals surface area (Å²) in [5.41, 5.74) is 0. The van der Waals surface area contributed by atoms with E-state index >= 15 is 0 Å². The average Bonchev–Trinajstić information content (AvgIpc) is 2.64. The van der Waals surface area contributed by atoms with E-state index in [-0.39, 0.29) is 0 Å². The van der Waals surface area contributed by atoms with Crippen molar-refractivity contribution in [3.05, 3.63) is 0 Å². The minimum absolute atomic E-state index is 0.945. The highest BCUT2D eigenvalue weighted by atomic mass is 15.2. The molecule has 0 radical (unpaired) electrons. The summed E-state index contributed by atoms with van der Waals surface area (Å²) in [6.07, 6.45) is 21.0. The van der Waals surface area contributed by atoms with E-state index < -0.39 is 0 Å². The zero-order valence-electron chi connectivity index (χ0n) is 16.6. The summed E-state index contributed by atoms with van der Waals surface area (Å²) in [5, 5.41) is 0. The summed E-state index contributed by atoms with van der Waals surface area (Å²) in [6, 6.07) is 0.945. The lowest BCUT2D eigenvalue weighted by atomic mass is 9.69. The smallest absolute Gasteiger partial charge is 0.00954 e. The Bertz CT molecular complexity index is 294. The number of nitrogens with zero attached hydrogens (tertiary/aromatic N) is 1. The first kappa shape index (κ1) is 18.7. The van der Waals surface area contributed by atoms with Crippen LogP contribution in [0.4, 0.5) is 0 Å². The van der Waals surface area contributed by atoms with Gasteiger partial charge in [-0.15, -0.1) is 0 Å². The van der Waals surface area contributed by atoms with E-state index in [4.69, 9.17) is 0 Å². The van der Waals surface area contributed by atoms with Gasteiger partial charge in [0.15, 0.2) is 0 Å². The van der Waals surface area contributed by atoms with Crippen molar-refractivity contribution in [2.45, 2.75) is 110 Å². The van der Waals surface area contributed by atoms with Gasteiger partial charge in [0, 0.05) is 6.04 Å². The number of piperidine rings is 1. The van der Waals surface area contributed by atoms with Gasteiger partial charge in [-0.05, 0) is 88.1 Å². The van der Waals surface area contributed by atoms with E-state index in [1.807, 2.05) is 0 Å². The van der Waals surface area contributed by atoms with Crippen molar-refractivity contribution in [2.75, 3.05) is 13.1 Å². The quantitative estimate of drug-likeness (QED) is 0.525. The van der Waals surface area contributed by atoms with Crippen LogP contribution >= 0.6 is 0 Å². The van der Waals surface area contributed by atoms with Crippen molar-refractivity contribution >= 4 is 0 Å². The Balaban J connectivity index is 1.36. The van der Waals surface area contributed by atoms with Crippen LogP contribution in [0.15, 0.2) is 0 Å². The summed E-state index contributed by atoms with van der Waals surface area (Å²) in [5.74, 6) is 4.30. The molecular formula is C23H43N. The molecule has 0 N–H and O–H groups in total. The molecule has 0 amide bonds. The molecule has 3 rings (SSSR count). The molecule has 0 bridgehead atoms. The minimum atomic E-state index is 0.945. The lowest BCUT2D eigenvalue weighted by Crippen LogP contribution is -2.43. The molecule has 0 spiro atoms. The Morgan fingerprint density at radius 3 is 1.54 bits per heavy atom. The molecule has 2 aliphatic carbocycles. The minimum Gasteiger partial charge on any atom is -0.300 e. The molecule has 0 unspecified atom stereocenters. The lowest BCUT2D eigenvalue weighted by molar-refractivity contribution is 0.0721. The first-order valence-corrected chi connectivity index (χ1v) is 11.5. The van der Waals surface area contributed by atoms with E-state index in [0.29, 0.717) is 0 Å². The fraction of sp³-hybridized carbons (Fsp3) is 1.00. The van der Waals surface area contributed by atoms with Gasteiger partial charge in [0.05, 0.1) is 0 Å². The van der Waals surface area contributed by atoms with Crippen molar-refractivity contribution in [2.24, 2.45) is 23.7 Å². The maximum atomic E-state index is 2.88. The molecule has 0 aromatic heterocycles. The van der Waals surface area contributed by atoms with Gasteiger partial charge in [-0.1, -0.05) is 52.4 Å². The summed E-state index contributed by atoms with van der Waals surface area (Å²) < 4.78 is 0. The van der Waals surface area contributed by atoms with Gasteiger partial charge < -0.3 is 4.90 Å². The maximum absolute atomic E-state index is 2.88. The number of likely N-dealkylation sites (tertiary alicyclic amines) is 1. The van der Waals surface area contributed by atoms with Crippen LogP contribution in [0.25, 0.3) is 0 Å². The second-order valence-corrected chi connectivity index (χ2v) is 9.41. The molecule has 24 heavy (non-hydrogen) atoms. The van der Waals surface area contributed by atoms with Gasteiger partial charge in [-0.2, -0.15) is 0 Å². The molecule has 140 valence electrons. The number of rotatable bonds is 6.